The zero-order chi connectivity index (χ0) is 17.2. The Hall–Kier alpha value is -1.44. The minimum atomic E-state index is -1.01. The van der Waals surface area contributed by atoms with E-state index in [0.717, 1.165) is 11.4 Å². The largest absolute Gasteiger partial charge is 0.377 e. The summed E-state index contributed by atoms with van der Waals surface area (Å²) in [6, 6.07) is 10.7. The van der Waals surface area contributed by atoms with Gasteiger partial charge in [-0.2, -0.15) is 0 Å². The molecule has 24 heavy (non-hydrogen) atoms. The van der Waals surface area contributed by atoms with Crippen LogP contribution in [0.5, 0.6) is 0 Å². The van der Waals surface area contributed by atoms with E-state index < -0.39 is 5.60 Å². The first-order valence-corrected chi connectivity index (χ1v) is 8.66. The SMILES string of the molecule is OC1(C#Cc2cccc(Cl)c2)CCN(c2cc(Cl)cc(Cl)n2)CC1. The molecule has 0 spiro atoms. The van der Waals surface area contributed by atoms with Crippen molar-refractivity contribution in [1.82, 2.24) is 4.98 Å². The maximum absolute atomic E-state index is 10.7. The van der Waals surface area contributed by atoms with Crippen LogP contribution >= 0.6 is 34.8 Å². The van der Waals surface area contributed by atoms with E-state index >= 15 is 0 Å². The van der Waals surface area contributed by atoms with Crippen LogP contribution in [0.15, 0.2) is 36.4 Å². The van der Waals surface area contributed by atoms with Gasteiger partial charge in [-0.3, -0.25) is 0 Å². The summed E-state index contributed by atoms with van der Waals surface area (Å²) >= 11 is 17.9. The standard InChI is InChI=1S/C18H15Cl3N2O/c19-14-3-1-2-13(10-14)4-5-18(24)6-8-23(9-7-18)17-12-15(20)11-16(21)22-17/h1-3,10-12,24H,6-9H2. The first-order chi connectivity index (χ1) is 11.4. The third kappa shape index (κ3) is 4.34. The van der Waals surface area contributed by atoms with Gasteiger partial charge in [-0.1, -0.05) is 52.7 Å². The van der Waals surface area contributed by atoms with Crippen molar-refractivity contribution < 1.29 is 5.11 Å². The molecule has 2 heterocycles. The zero-order valence-corrected chi connectivity index (χ0v) is 15.0. The van der Waals surface area contributed by atoms with Crippen molar-refractivity contribution in [3.8, 4) is 11.8 Å². The number of aliphatic hydroxyl groups is 1. The van der Waals surface area contributed by atoms with Crippen LogP contribution in [0.1, 0.15) is 18.4 Å². The number of rotatable bonds is 1. The van der Waals surface area contributed by atoms with Gasteiger partial charge in [0.15, 0.2) is 0 Å². The fraction of sp³-hybridized carbons (Fsp3) is 0.278. The molecule has 0 atom stereocenters. The van der Waals surface area contributed by atoms with E-state index in [1.54, 1.807) is 24.3 Å². The van der Waals surface area contributed by atoms with E-state index in [-0.39, 0.29) is 0 Å². The number of aromatic nitrogens is 1. The highest BCUT2D eigenvalue weighted by molar-refractivity contribution is 6.34. The third-order valence-corrected chi connectivity index (χ3v) is 4.57. The predicted octanol–water partition coefficient (Wildman–Crippen LogP) is 4.42. The fourth-order valence-corrected chi connectivity index (χ4v) is 3.25. The second-order valence-corrected chi connectivity index (χ2v) is 7.01. The smallest absolute Gasteiger partial charge is 0.132 e. The molecular weight excluding hydrogens is 367 g/mol. The minimum Gasteiger partial charge on any atom is -0.377 e. The van der Waals surface area contributed by atoms with Gasteiger partial charge in [-0.05, 0) is 30.3 Å². The van der Waals surface area contributed by atoms with Gasteiger partial charge in [0.05, 0.1) is 0 Å². The Morgan fingerprint density at radius 2 is 1.79 bits per heavy atom. The minimum absolute atomic E-state index is 0.360. The topological polar surface area (TPSA) is 36.4 Å². The van der Waals surface area contributed by atoms with E-state index in [0.29, 0.717) is 41.1 Å². The van der Waals surface area contributed by atoms with Gasteiger partial charge in [-0.25, -0.2) is 4.98 Å². The summed E-state index contributed by atoms with van der Waals surface area (Å²) in [7, 11) is 0. The van der Waals surface area contributed by atoms with Crippen molar-refractivity contribution in [2.24, 2.45) is 0 Å². The second kappa shape index (κ2) is 7.21. The molecule has 6 heteroatoms. The van der Waals surface area contributed by atoms with Gasteiger partial charge in [-0.15, -0.1) is 0 Å². The molecule has 0 unspecified atom stereocenters. The van der Waals surface area contributed by atoms with Crippen LogP contribution in [0.4, 0.5) is 5.82 Å². The molecule has 2 aromatic rings. The van der Waals surface area contributed by atoms with Crippen molar-refractivity contribution in [2.75, 3.05) is 18.0 Å². The first kappa shape index (κ1) is 17.4. The van der Waals surface area contributed by atoms with E-state index in [4.69, 9.17) is 34.8 Å². The quantitative estimate of drug-likeness (QED) is 0.586. The maximum Gasteiger partial charge on any atom is 0.132 e. The predicted molar refractivity (Wildman–Crippen MR) is 99.0 cm³/mol. The van der Waals surface area contributed by atoms with Gasteiger partial charge >= 0.3 is 0 Å². The lowest BCUT2D eigenvalue weighted by molar-refractivity contribution is 0.0745. The summed E-state index contributed by atoms with van der Waals surface area (Å²) in [5.41, 5.74) is -0.220. The summed E-state index contributed by atoms with van der Waals surface area (Å²) < 4.78 is 0. The number of halogens is 3. The highest BCUT2D eigenvalue weighted by Gasteiger charge is 2.31. The van der Waals surface area contributed by atoms with Crippen molar-refractivity contribution in [2.45, 2.75) is 18.4 Å². The lowest BCUT2D eigenvalue weighted by Gasteiger charge is -2.35. The van der Waals surface area contributed by atoms with Crippen molar-refractivity contribution in [3.63, 3.8) is 0 Å². The molecule has 0 bridgehead atoms. The lowest BCUT2D eigenvalue weighted by atomic mass is 9.91. The summed E-state index contributed by atoms with van der Waals surface area (Å²) in [6.07, 6.45) is 1.04. The van der Waals surface area contributed by atoms with Crippen LogP contribution in [0.3, 0.4) is 0 Å². The third-order valence-electron chi connectivity index (χ3n) is 3.92. The molecular formula is C18H15Cl3N2O. The summed E-state index contributed by atoms with van der Waals surface area (Å²) in [4.78, 5) is 6.33. The Morgan fingerprint density at radius 1 is 1.04 bits per heavy atom. The number of piperidine rings is 1. The monoisotopic (exact) mass is 380 g/mol. The molecule has 3 rings (SSSR count). The molecule has 124 valence electrons. The summed E-state index contributed by atoms with van der Waals surface area (Å²) in [5, 5.41) is 12.2. The molecule has 1 saturated heterocycles. The summed E-state index contributed by atoms with van der Waals surface area (Å²) in [6.45, 7) is 1.26. The fourth-order valence-electron chi connectivity index (χ4n) is 2.60. The van der Waals surface area contributed by atoms with Gasteiger partial charge < -0.3 is 10.0 Å². The highest BCUT2D eigenvalue weighted by Crippen LogP contribution is 2.28. The molecule has 1 aliphatic heterocycles. The number of hydrogen-bond donors (Lipinski definition) is 1. The van der Waals surface area contributed by atoms with E-state index in [1.165, 1.54) is 0 Å². The number of anilines is 1. The van der Waals surface area contributed by atoms with Crippen LogP contribution in [0.25, 0.3) is 0 Å². The molecule has 3 nitrogen and oxygen atoms in total. The maximum atomic E-state index is 10.7. The number of pyridine rings is 1. The Labute approximate surface area is 156 Å². The molecule has 0 aliphatic carbocycles. The van der Waals surface area contributed by atoms with Gasteiger partial charge in [0.1, 0.15) is 16.6 Å². The van der Waals surface area contributed by atoms with Crippen LogP contribution in [0.2, 0.25) is 15.2 Å². The molecule has 1 fully saturated rings. The van der Waals surface area contributed by atoms with Crippen molar-refractivity contribution in [1.29, 1.82) is 0 Å². The van der Waals surface area contributed by atoms with Gasteiger partial charge in [0.2, 0.25) is 0 Å². The molecule has 1 aromatic carbocycles. The number of nitrogens with zero attached hydrogens (tertiary/aromatic N) is 2. The Bertz CT molecular complexity index is 785. The van der Waals surface area contributed by atoms with Crippen LogP contribution in [-0.2, 0) is 0 Å². The van der Waals surface area contributed by atoms with Gasteiger partial charge in [0, 0.05) is 41.5 Å². The Morgan fingerprint density at radius 3 is 2.46 bits per heavy atom. The zero-order valence-electron chi connectivity index (χ0n) is 12.8. The van der Waals surface area contributed by atoms with Crippen molar-refractivity contribution in [3.05, 3.63) is 57.2 Å². The number of benzene rings is 1. The van der Waals surface area contributed by atoms with E-state index in [9.17, 15) is 5.11 Å². The van der Waals surface area contributed by atoms with E-state index in [2.05, 4.69) is 16.8 Å². The Balaban J connectivity index is 1.70. The van der Waals surface area contributed by atoms with Gasteiger partial charge in [0.25, 0.3) is 0 Å². The normalized spacial score (nSPS) is 16.4. The van der Waals surface area contributed by atoms with Crippen LogP contribution in [-0.4, -0.2) is 28.8 Å². The first-order valence-electron chi connectivity index (χ1n) is 7.53. The average molecular weight is 382 g/mol. The summed E-state index contributed by atoms with van der Waals surface area (Å²) in [5.74, 6) is 6.71. The second-order valence-electron chi connectivity index (χ2n) is 5.75. The molecule has 0 radical (unpaired) electrons. The number of hydrogen-bond acceptors (Lipinski definition) is 3. The Kier molecular flexibility index (Phi) is 5.22. The molecule has 1 aromatic heterocycles. The average Bonchev–Trinajstić information content (AvgIpc) is 2.53. The molecule has 0 amide bonds. The van der Waals surface area contributed by atoms with E-state index in [1.807, 2.05) is 17.0 Å². The molecule has 0 saturated carbocycles. The molecule has 1 aliphatic rings. The van der Waals surface area contributed by atoms with Crippen molar-refractivity contribution >= 4 is 40.6 Å². The highest BCUT2D eigenvalue weighted by atomic mass is 35.5. The molecule has 1 N–H and O–H groups in total. The lowest BCUT2D eigenvalue weighted by Crippen LogP contribution is -2.44. The van der Waals surface area contributed by atoms with Crippen LogP contribution in [0, 0.1) is 11.8 Å². The van der Waals surface area contributed by atoms with Crippen LogP contribution < -0.4 is 4.90 Å².